The number of aliphatic carboxylic acids is 1. The Morgan fingerprint density at radius 2 is 2.12 bits per heavy atom. The van der Waals surface area contributed by atoms with Crippen LogP contribution in [0.5, 0.6) is 0 Å². The van der Waals surface area contributed by atoms with Crippen molar-refractivity contribution in [2.45, 2.75) is 32.6 Å². The van der Waals surface area contributed by atoms with E-state index in [-0.39, 0.29) is 6.42 Å². The van der Waals surface area contributed by atoms with Crippen molar-refractivity contribution < 1.29 is 9.90 Å². The van der Waals surface area contributed by atoms with Crippen molar-refractivity contribution in [3.05, 3.63) is 28.8 Å². The lowest BCUT2D eigenvalue weighted by Crippen LogP contribution is -2.02. The van der Waals surface area contributed by atoms with E-state index in [1.165, 1.54) is 0 Å². The third-order valence-corrected chi connectivity index (χ3v) is 2.82. The number of hydrogen-bond acceptors (Lipinski definition) is 2. The standard InChI is InChI=1S/C13H18ClNO2/c1-10-6-7-12(11(14)9-10)15-8-4-2-3-5-13(16)17/h6-7,9,15H,2-5,8H2,1H3,(H,16,17). The molecule has 0 saturated heterocycles. The van der Waals surface area contributed by atoms with E-state index < -0.39 is 5.97 Å². The molecule has 0 atom stereocenters. The average molecular weight is 256 g/mol. The molecule has 0 aliphatic carbocycles. The van der Waals surface area contributed by atoms with E-state index in [1.807, 2.05) is 25.1 Å². The highest BCUT2D eigenvalue weighted by molar-refractivity contribution is 6.33. The predicted octanol–water partition coefficient (Wildman–Crippen LogP) is 3.71. The average Bonchev–Trinajstić information content (AvgIpc) is 2.25. The van der Waals surface area contributed by atoms with Gasteiger partial charge in [-0.2, -0.15) is 0 Å². The Kier molecular flexibility index (Phi) is 5.84. The Labute approximate surface area is 107 Å². The van der Waals surface area contributed by atoms with E-state index in [1.54, 1.807) is 0 Å². The first-order valence-corrected chi connectivity index (χ1v) is 6.19. The normalized spacial score (nSPS) is 10.2. The molecule has 17 heavy (non-hydrogen) atoms. The fourth-order valence-electron chi connectivity index (χ4n) is 1.56. The Balaban J connectivity index is 2.20. The molecular formula is C13H18ClNO2. The fourth-order valence-corrected chi connectivity index (χ4v) is 1.87. The van der Waals surface area contributed by atoms with Crippen molar-refractivity contribution in [3.63, 3.8) is 0 Å². The van der Waals surface area contributed by atoms with Crippen molar-refractivity contribution >= 4 is 23.3 Å². The van der Waals surface area contributed by atoms with E-state index in [4.69, 9.17) is 16.7 Å². The van der Waals surface area contributed by atoms with Gasteiger partial charge < -0.3 is 10.4 Å². The highest BCUT2D eigenvalue weighted by atomic mass is 35.5. The second-order valence-electron chi connectivity index (χ2n) is 4.11. The molecule has 94 valence electrons. The Morgan fingerprint density at radius 3 is 2.76 bits per heavy atom. The van der Waals surface area contributed by atoms with Gasteiger partial charge in [-0.1, -0.05) is 24.1 Å². The first-order chi connectivity index (χ1) is 8.09. The van der Waals surface area contributed by atoms with E-state index in [9.17, 15) is 4.79 Å². The summed E-state index contributed by atoms with van der Waals surface area (Å²) < 4.78 is 0. The van der Waals surface area contributed by atoms with Gasteiger partial charge >= 0.3 is 5.97 Å². The zero-order valence-electron chi connectivity index (χ0n) is 10.0. The number of carbonyl (C=O) groups is 1. The molecule has 0 spiro atoms. The molecule has 1 aromatic carbocycles. The van der Waals surface area contributed by atoms with Crippen LogP contribution in [0.4, 0.5) is 5.69 Å². The molecule has 1 rings (SSSR count). The third-order valence-electron chi connectivity index (χ3n) is 2.51. The van der Waals surface area contributed by atoms with Crippen molar-refractivity contribution in [3.8, 4) is 0 Å². The molecule has 3 nitrogen and oxygen atoms in total. The van der Waals surface area contributed by atoms with Gasteiger partial charge in [0.05, 0.1) is 10.7 Å². The number of rotatable bonds is 7. The largest absolute Gasteiger partial charge is 0.481 e. The molecule has 0 fully saturated rings. The van der Waals surface area contributed by atoms with Gasteiger partial charge in [-0.25, -0.2) is 0 Å². The smallest absolute Gasteiger partial charge is 0.303 e. The second-order valence-corrected chi connectivity index (χ2v) is 4.52. The minimum Gasteiger partial charge on any atom is -0.481 e. The summed E-state index contributed by atoms with van der Waals surface area (Å²) in [6.07, 6.45) is 2.87. The molecule has 1 aromatic rings. The molecule has 0 amide bonds. The monoisotopic (exact) mass is 255 g/mol. The minimum atomic E-state index is -0.723. The molecule has 0 radical (unpaired) electrons. The van der Waals surface area contributed by atoms with Crippen LogP contribution in [0, 0.1) is 6.92 Å². The number of carboxylic acid groups (broad SMARTS) is 1. The lowest BCUT2D eigenvalue weighted by Gasteiger charge is -2.08. The lowest BCUT2D eigenvalue weighted by molar-refractivity contribution is -0.137. The van der Waals surface area contributed by atoms with Crippen LogP contribution in [0.25, 0.3) is 0 Å². The van der Waals surface area contributed by atoms with Crippen molar-refractivity contribution in [1.29, 1.82) is 0 Å². The van der Waals surface area contributed by atoms with Gasteiger partial charge in [-0.05, 0) is 37.5 Å². The van der Waals surface area contributed by atoms with Crippen molar-refractivity contribution in [1.82, 2.24) is 0 Å². The van der Waals surface area contributed by atoms with Crippen LogP contribution in [0.15, 0.2) is 18.2 Å². The van der Waals surface area contributed by atoms with Gasteiger partial charge in [0, 0.05) is 13.0 Å². The van der Waals surface area contributed by atoms with Gasteiger partial charge in [0.1, 0.15) is 0 Å². The van der Waals surface area contributed by atoms with Crippen molar-refractivity contribution in [2.75, 3.05) is 11.9 Å². The molecular weight excluding hydrogens is 238 g/mol. The number of halogens is 1. The third kappa shape index (κ3) is 5.59. The van der Waals surface area contributed by atoms with Gasteiger partial charge in [-0.15, -0.1) is 0 Å². The van der Waals surface area contributed by atoms with E-state index in [0.29, 0.717) is 0 Å². The Hall–Kier alpha value is -1.22. The first kappa shape index (κ1) is 13.8. The van der Waals surface area contributed by atoms with E-state index >= 15 is 0 Å². The van der Waals surface area contributed by atoms with Gasteiger partial charge in [0.25, 0.3) is 0 Å². The van der Waals surface area contributed by atoms with Crippen LogP contribution in [0.2, 0.25) is 5.02 Å². The summed E-state index contributed by atoms with van der Waals surface area (Å²) in [6, 6.07) is 5.90. The number of benzene rings is 1. The zero-order valence-corrected chi connectivity index (χ0v) is 10.8. The molecule has 0 heterocycles. The van der Waals surface area contributed by atoms with Crippen LogP contribution in [-0.2, 0) is 4.79 Å². The van der Waals surface area contributed by atoms with Crippen LogP contribution in [-0.4, -0.2) is 17.6 Å². The number of hydrogen-bond donors (Lipinski definition) is 2. The molecule has 2 N–H and O–H groups in total. The maximum atomic E-state index is 10.3. The molecule has 0 aromatic heterocycles. The highest BCUT2D eigenvalue weighted by Gasteiger charge is 2.00. The van der Waals surface area contributed by atoms with Crippen LogP contribution < -0.4 is 5.32 Å². The molecule has 0 unspecified atom stereocenters. The lowest BCUT2D eigenvalue weighted by atomic mass is 10.2. The summed E-state index contributed by atoms with van der Waals surface area (Å²) in [4.78, 5) is 10.3. The van der Waals surface area contributed by atoms with Gasteiger partial charge in [-0.3, -0.25) is 4.79 Å². The fraction of sp³-hybridized carbons (Fsp3) is 0.462. The summed E-state index contributed by atoms with van der Waals surface area (Å²) in [6.45, 7) is 2.82. The minimum absolute atomic E-state index is 0.255. The Bertz CT molecular complexity index is 380. The molecule has 0 aliphatic rings. The Morgan fingerprint density at radius 1 is 1.35 bits per heavy atom. The molecule has 0 aliphatic heterocycles. The summed E-state index contributed by atoms with van der Waals surface area (Å²) in [5.74, 6) is -0.723. The topological polar surface area (TPSA) is 49.3 Å². The highest BCUT2D eigenvalue weighted by Crippen LogP contribution is 2.22. The van der Waals surface area contributed by atoms with Gasteiger partial charge in [0.15, 0.2) is 0 Å². The number of carboxylic acids is 1. The summed E-state index contributed by atoms with van der Waals surface area (Å²) in [7, 11) is 0. The molecule has 4 heteroatoms. The summed E-state index contributed by atoms with van der Waals surface area (Å²) in [5, 5.41) is 12.5. The SMILES string of the molecule is Cc1ccc(NCCCCCC(=O)O)c(Cl)c1. The number of nitrogens with one attached hydrogen (secondary N) is 1. The number of anilines is 1. The van der Waals surface area contributed by atoms with Crippen LogP contribution in [0.1, 0.15) is 31.2 Å². The predicted molar refractivity (Wildman–Crippen MR) is 70.8 cm³/mol. The quantitative estimate of drug-likeness (QED) is 0.731. The van der Waals surface area contributed by atoms with Crippen LogP contribution >= 0.6 is 11.6 Å². The summed E-state index contributed by atoms with van der Waals surface area (Å²) >= 11 is 6.07. The first-order valence-electron chi connectivity index (χ1n) is 5.81. The maximum absolute atomic E-state index is 10.3. The summed E-state index contributed by atoms with van der Waals surface area (Å²) in [5.41, 5.74) is 2.08. The van der Waals surface area contributed by atoms with E-state index in [2.05, 4.69) is 5.32 Å². The molecule has 0 bridgehead atoms. The van der Waals surface area contributed by atoms with Gasteiger partial charge in [0.2, 0.25) is 0 Å². The number of unbranched alkanes of at least 4 members (excludes halogenated alkanes) is 2. The van der Waals surface area contributed by atoms with Crippen molar-refractivity contribution in [2.24, 2.45) is 0 Å². The van der Waals surface area contributed by atoms with E-state index in [0.717, 1.165) is 42.1 Å². The molecule has 0 saturated carbocycles. The number of aryl methyl sites for hydroxylation is 1. The van der Waals surface area contributed by atoms with Crippen LogP contribution in [0.3, 0.4) is 0 Å². The maximum Gasteiger partial charge on any atom is 0.303 e. The zero-order chi connectivity index (χ0) is 12.7. The second kappa shape index (κ2) is 7.17.